The van der Waals surface area contributed by atoms with E-state index in [9.17, 15) is 0 Å². The van der Waals surface area contributed by atoms with Crippen molar-refractivity contribution in [3.63, 3.8) is 0 Å². The van der Waals surface area contributed by atoms with E-state index in [1.54, 1.807) is 6.20 Å². The second kappa shape index (κ2) is 8.87. The summed E-state index contributed by atoms with van der Waals surface area (Å²) in [5.41, 5.74) is 9.81. The van der Waals surface area contributed by atoms with Crippen molar-refractivity contribution in [1.82, 2.24) is 20.2 Å². The lowest BCUT2D eigenvalue weighted by molar-refractivity contribution is 0.686. The topological polar surface area (TPSA) is 78.5 Å². The summed E-state index contributed by atoms with van der Waals surface area (Å²) in [6, 6.07) is 13.2. The molecule has 2 aromatic heterocycles. The smallest absolute Gasteiger partial charge is 0.229 e. The van der Waals surface area contributed by atoms with Crippen LogP contribution in [0.2, 0.25) is 5.02 Å². The minimum atomic E-state index is 0.428. The molecule has 2 heterocycles. The van der Waals surface area contributed by atoms with Gasteiger partial charge < -0.3 is 10.6 Å². The first kappa shape index (κ1) is 21.5. The monoisotopic (exact) mass is 458 g/mol. The Morgan fingerprint density at radius 3 is 2.52 bits per heavy atom. The van der Waals surface area contributed by atoms with Gasteiger partial charge in [-0.3, -0.25) is 5.10 Å². The van der Waals surface area contributed by atoms with Crippen molar-refractivity contribution < 1.29 is 0 Å². The molecule has 0 fully saturated rings. The summed E-state index contributed by atoms with van der Waals surface area (Å²) in [7, 11) is 0. The summed E-state index contributed by atoms with van der Waals surface area (Å²) >= 11 is 6.30. The van der Waals surface area contributed by atoms with E-state index in [0.717, 1.165) is 16.9 Å². The molecule has 33 heavy (non-hydrogen) atoms. The SMILES string of the molecule is Cc1cc(Nc2nc(Nc3cc(C)c(-c4ccc5c(c4)CCCC5)cc3C)ncc2Cl)n[nH]1. The molecule has 168 valence electrons. The maximum absolute atomic E-state index is 6.30. The zero-order valence-electron chi connectivity index (χ0n) is 19.1. The first-order chi connectivity index (χ1) is 16.0. The highest BCUT2D eigenvalue weighted by Crippen LogP contribution is 2.33. The van der Waals surface area contributed by atoms with Gasteiger partial charge in [0.05, 0.1) is 6.20 Å². The van der Waals surface area contributed by atoms with Gasteiger partial charge in [0.25, 0.3) is 0 Å². The van der Waals surface area contributed by atoms with Gasteiger partial charge in [0.15, 0.2) is 11.6 Å². The zero-order chi connectivity index (χ0) is 22.9. The lowest BCUT2D eigenvalue weighted by Gasteiger charge is -2.18. The maximum Gasteiger partial charge on any atom is 0.229 e. The molecule has 0 atom stereocenters. The molecule has 0 amide bonds. The van der Waals surface area contributed by atoms with E-state index in [0.29, 0.717) is 22.6 Å². The summed E-state index contributed by atoms with van der Waals surface area (Å²) in [5, 5.41) is 14.0. The first-order valence-corrected chi connectivity index (χ1v) is 11.7. The van der Waals surface area contributed by atoms with Crippen LogP contribution in [-0.2, 0) is 12.8 Å². The van der Waals surface area contributed by atoms with Crippen molar-refractivity contribution in [1.29, 1.82) is 0 Å². The number of aromatic nitrogens is 4. The molecule has 0 saturated carbocycles. The maximum atomic E-state index is 6.30. The number of hydrogen-bond donors (Lipinski definition) is 3. The molecular formula is C26H27ClN6. The minimum absolute atomic E-state index is 0.428. The van der Waals surface area contributed by atoms with Gasteiger partial charge in [-0.2, -0.15) is 10.1 Å². The molecule has 7 heteroatoms. The predicted molar refractivity (Wildman–Crippen MR) is 135 cm³/mol. The van der Waals surface area contributed by atoms with Crippen molar-refractivity contribution in [2.75, 3.05) is 10.6 Å². The van der Waals surface area contributed by atoms with Crippen LogP contribution in [0.5, 0.6) is 0 Å². The van der Waals surface area contributed by atoms with E-state index in [4.69, 9.17) is 11.6 Å². The summed E-state index contributed by atoms with van der Waals surface area (Å²) < 4.78 is 0. The van der Waals surface area contributed by atoms with E-state index < -0.39 is 0 Å². The Bertz CT molecular complexity index is 1330. The van der Waals surface area contributed by atoms with Gasteiger partial charge in [0, 0.05) is 17.4 Å². The summed E-state index contributed by atoms with van der Waals surface area (Å²) in [6.45, 7) is 6.19. The van der Waals surface area contributed by atoms with Crippen LogP contribution >= 0.6 is 11.6 Å². The van der Waals surface area contributed by atoms with Gasteiger partial charge in [0.2, 0.25) is 5.95 Å². The number of aromatic amines is 1. The second-order valence-electron chi connectivity index (χ2n) is 8.75. The number of benzene rings is 2. The lowest BCUT2D eigenvalue weighted by Crippen LogP contribution is -2.04. The third-order valence-corrected chi connectivity index (χ3v) is 6.45. The normalized spacial score (nSPS) is 13.0. The fourth-order valence-corrected chi connectivity index (χ4v) is 4.54. The van der Waals surface area contributed by atoms with Gasteiger partial charge in [-0.05, 0) is 92.0 Å². The van der Waals surface area contributed by atoms with E-state index in [1.807, 2.05) is 13.0 Å². The summed E-state index contributed by atoms with van der Waals surface area (Å²) in [6.07, 6.45) is 6.56. The predicted octanol–water partition coefficient (Wildman–Crippen LogP) is 6.81. The number of anilines is 4. The molecular weight excluding hydrogens is 432 g/mol. The van der Waals surface area contributed by atoms with Crippen molar-refractivity contribution in [2.24, 2.45) is 0 Å². The molecule has 6 nitrogen and oxygen atoms in total. The molecule has 0 unspecified atom stereocenters. The highest BCUT2D eigenvalue weighted by molar-refractivity contribution is 6.32. The minimum Gasteiger partial charge on any atom is -0.324 e. The Balaban J connectivity index is 1.41. The third kappa shape index (κ3) is 4.57. The molecule has 2 aromatic carbocycles. The summed E-state index contributed by atoms with van der Waals surface area (Å²) in [4.78, 5) is 8.91. The Morgan fingerprint density at radius 1 is 0.909 bits per heavy atom. The van der Waals surface area contributed by atoms with Gasteiger partial charge >= 0.3 is 0 Å². The quantitative estimate of drug-likeness (QED) is 0.306. The fraction of sp³-hybridized carbons (Fsp3) is 0.269. The van der Waals surface area contributed by atoms with Gasteiger partial charge in [-0.15, -0.1) is 0 Å². The lowest BCUT2D eigenvalue weighted by atomic mass is 9.88. The van der Waals surface area contributed by atoms with Crippen LogP contribution in [0.3, 0.4) is 0 Å². The van der Waals surface area contributed by atoms with Crippen molar-refractivity contribution in [3.8, 4) is 11.1 Å². The number of nitrogens with zero attached hydrogens (tertiary/aromatic N) is 3. The van der Waals surface area contributed by atoms with E-state index in [1.165, 1.54) is 53.5 Å². The van der Waals surface area contributed by atoms with Crippen LogP contribution in [0, 0.1) is 20.8 Å². The first-order valence-electron chi connectivity index (χ1n) is 11.3. The Kier molecular flexibility index (Phi) is 5.77. The van der Waals surface area contributed by atoms with Crippen LogP contribution < -0.4 is 10.6 Å². The third-order valence-electron chi connectivity index (χ3n) is 6.17. The van der Waals surface area contributed by atoms with Crippen LogP contribution in [0.25, 0.3) is 11.1 Å². The number of rotatable bonds is 5. The van der Waals surface area contributed by atoms with Gasteiger partial charge in [-0.1, -0.05) is 29.8 Å². The second-order valence-corrected chi connectivity index (χ2v) is 9.16. The Morgan fingerprint density at radius 2 is 1.73 bits per heavy atom. The number of nitrogens with one attached hydrogen (secondary N) is 3. The average molecular weight is 459 g/mol. The summed E-state index contributed by atoms with van der Waals surface area (Å²) in [5.74, 6) is 1.62. The standard InChI is InChI=1S/C26H27ClN6/c1-15-11-23(16(2)10-21(15)20-9-8-18-6-4-5-7-19(18)13-20)29-26-28-14-22(27)25(31-26)30-24-12-17(3)32-33-24/h8-14H,4-7H2,1-3H3,(H3,28,29,30,31,32,33). The van der Waals surface area contributed by atoms with Gasteiger partial charge in [0.1, 0.15) is 5.02 Å². The molecule has 0 saturated heterocycles. The van der Waals surface area contributed by atoms with Crippen LogP contribution in [0.1, 0.15) is 40.8 Å². The number of aryl methyl sites for hydroxylation is 5. The molecule has 0 aliphatic heterocycles. The highest BCUT2D eigenvalue weighted by atomic mass is 35.5. The zero-order valence-corrected chi connectivity index (χ0v) is 19.8. The molecule has 3 N–H and O–H groups in total. The average Bonchev–Trinajstić information content (AvgIpc) is 3.22. The molecule has 4 aromatic rings. The number of halogens is 1. The van der Waals surface area contributed by atoms with Crippen LogP contribution in [-0.4, -0.2) is 20.2 Å². The molecule has 1 aliphatic carbocycles. The van der Waals surface area contributed by atoms with Crippen LogP contribution in [0.4, 0.5) is 23.3 Å². The molecule has 0 radical (unpaired) electrons. The van der Waals surface area contributed by atoms with Crippen LogP contribution in [0.15, 0.2) is 42.6 Å². The Labute approximate surface area is 198 Å². The number of fused-ring (bicyclic) bond motifs is 1. The number of hydrogen-bond acceptors (Lipinski definition) is 5. The highest BCUT2D eigenvalue weighted by Gasteiger charge is 2.14. The van der Waals surface area contributed by atoms with E-state index >= 15 is 0 Å². The van der Waals surface area contributed by atoms with Gasteiger partial charge in [-0.25, -0.2) is 4.98 Å². The Hall–Kier alpha value is -3.38. The van der Waals surface area contributed by atoms with Crippen molar-refractivity contribution in [2.45, 2.75) is 46.5 Å². The van der Waals surface area contributed by atoms with E-state index in [-0.39, 0.29) is 0 Å². The molecule has 1 aliphatic rings. The van der Waals surface area contributed by atoms with E-state index in [2.05, 4.69) is 75.0 Å². The largest absolute Gasteiger partial charge is 0.324 e. The number of H-pyrrole nitrogens is 1. The van der Waals surface area contributed by atoms with Crippen molar-refractivity contribution in [3.05, 3.63) is 75.6 Å². The molecule has 0 spiro atoms. The fourth-order valence-electron chi connectivity index (χ4n) is 4.40. The molecule has 0 bridgehead atoms. The van der Waals surface area contributed by atoms with Crippen molar-refractivity contribution >= 4 is 34.9 Å². The molecule has 5 rings (SSSR count).